The molecule has 0 aliphatic heterocycles. The lowest BCUT2D eigenvalue weighted by atomic mass is 10.2. The van der Waals surface area contributed by atoms with E-state index in [1.54, 1.807) is 6.20 Å². The number of fused-ring (bicyclic) bond motifs is 1. The van der Waals surface area contributed by atoms with Gasteiger partial charge in [0.25, 0.3) is 0 Å². The van der Waals surface area contributed by atoms with Crippen molar-refractivity contribution in [2.45, 2.75) is 0 Å². The van der Waals surface area contributed by atoms with Gasteiger partial charge < -0.3 is 10.2 Å². The van der Waals surface area contributed by atoms with Crippen LogP contribution in [-0.2, 0) is 0 Å². The zero-order chi connectivity index (χ0) is 17.2. The number of benzene rings is 2. The molecule has 0 aliphatic carbocycles. The highest BCUT2D eigenvalue weighted by molar-refractivity contribution is 5.88. The average molecular weight is 330 g/mol. The van der Waals surface area contributed by atoms with Crippen LogP contribution in [0.3, 0.4) is 0 Å². The Morgan fingerprint density at radius 1 is 0.920 bits per heavy atom. The van der Waals surface area contributed by atoms with Crippen LogP contribution in [0.2, 0.25) is 0 Å². The first kappa shape index (κ1) is 15.1. The number of H-pyrrole nitrogens is 1. The number of rotatable bonds is 4. The van der Waals surface area contributed by atoms with Gasteiger partial charge in [0.15, 0.2) is 11.6 Å². The molecule has 4 rings (SSSR count). The van der Waals surface area contributed by atoms with Gasteiger partial charge in [0.05, 0.1) is 6.20 Å². The third-order valence-corrected chi connectivity index (χ3v) is 3.98. The molecule has 0 amide bonds. The van der Waals surface area contributed by atoms with E-state index in [2.05, 4.69) is 37.5 Å². The number of nitrogens with one attached hydrogen (secondary N) is 2. The van der Waals surface area contributed by atoms with Crippen LogP contribution in [0.1, 0.15) is 0 Å². The third kappa shape index (κ3) is 3.01. The van der Waals surface area contributed by atoms with E-state index < -0.39 is 0 Å². The van der Waals surface area contributed by atoms with Crippen molar-refractivity contribution < 1.29 is 0 Å². The van der Waals surface area contributed by atoms with E-state index in [1.165, 1.54) is 0 Å². The predicted molar refractivity (Wildman–Crippen MR) is 101 cm³/mol. The van der Waals surface area contributed by atoms with Crippen molar-refractivity contribution in [2.24, 2.45) is 0 Å². The average Bonchev–Trinajstić information content (AvgIpc) is 3.12. The van der Waals surface area contributed by atoms with Crippen LogP contribution < -0.4 is 10.2 Å². The second kappa shape index (κ2) is 6.24. The molecule has 0 saturated carbocycles. The molecule has 6 nitrogen and oxygen atoms in total. The topological polar surface area (TPSA) is 69.7 Å². The van der Waals surface area contributed by atoms with E-state index in [0.717, 1.165) is 28.0 Å². The molecule has 4 aromatic rings. The van der Waals surface area contributed by atoms with Gasteiger partial charge in [-0.2, -0.15) is 5.10 Å². The highest BCUT2D eigenvalue weighted by atomic mass is 15.2. The first-order valence-electron chi connectivity index (χ1n) is 8.01. The molecule has 0 bridgehead atoms. The molecule has 2 aromatic heterocycles. The SMILES string of the molecule is CN(C)c1ccc(Nc2nc(-c3ccccc3)nc3cn[nH]c23)cc1. The summed E-state index contributed by atoms with van der Waals surface area (Å²) in [6.45, 7) is 0. The number of hydrogen-bond acceptors (Lipinski definition) is 5. The minimum absolute atomic E-state index is 0.668. The van der Waals surface area contributed by atoms with Crippen LogP contribution in [0.25, 0.3) is 22.4 Å². The van der Waals surface area contributed by atoms with Crippen LogP contribution in [0.5, 0.6) is 0 Å². The maximum absolute atomic E-state index is 4.69. The van der Waals surface area contributed by atoms with Crippen molar-refractivity contribution in [2.75, 3.05) is 24.3 Å². The number of aromatic nitrogens is 4. The molecule has 2 N–H and O–H groups in total. The fraction of sp³-hybridized carbons (Fsp3) is 0.105. The lowest BCUT2D eigenvalue weighted by Gasteiger charge is -2.13. The van der Waals surface area contributed by atoms with Gasteiger partial charge in [-0.05, 0) is 24.3 Å². The van der Waals surface area contributed by atoms with E-state index in [4.69, 9.17) is 4.98 Å². The van der Waals surface area contributed by atoms with Gasteiger partial charge in [0.1, 0.15) is 11.0 Å². The standard InChI is InChI=1S/C19H18N6/c1-25(2)15-10-8-14(9-11-15)21-19-17-16(12-20-24-17)22-18(23-19)13-6-4-3-5-7-13/h3-12H,1-2H3,(H,20,24)(H,21,22,23). The lowest BCUT2D eigenvalue weighted by Crippen LogP contribution is -2.08. The summed E-state index contributed by atoms with van der Waals surface area (Å²) in [6, 6.07) is 18.1. The molecule has 0 aliphatic rings. The van der Waals surface area contributed by atoms with Gasteiger partial charge in [-0.15, -0.1) is 0 Å². The fourth-order valence-corrected chi connectivity index (χ4v) is 2.63. The number of nitrogens with zero attached hydrogens (tertiary/aromatic N) is 4. The van der Waals surface area contributed by atoms with Crippen LogP contribution in [0.15, 0.2) is 60.8 Å². The predicted octanol–water partition coefficient (Wildman–Crippen LogP) is 3.83. The summed E-state index contributed by atoms with van der Waals surface area (Å²) in [4.78, 5) is 11.4. The molecule has 124 valence electrons. The first-order chi connectivity index (χ1) is 12.2. The van der Waals surface area contributed by atoms with Gasteiger partial charge in [0, 0.05) is 31.0 Å². The van der Waals surface area contributed by atoms with Crippen LogP contribution in [-0.4, -0.2) is 34.3 Å². The summed E-state index contributed by atoms with van der Waals surface area (Å²) in [5.41, 5.74) is 4.64. The Bertz CT molecular complexity index is 990. The summed E-state index contributed by atoms with van der Waals surface area (Å²) in [7, 11) is 4.04. The molecule has 25 heavy (non-hydrogen) atoms. The molecular formula is C19H18N6. The second-order valence-electron chi connectivity index (χ2n) is 5.96. The van der Waals surface area contributed by atoms with Gasteiger partial charge in [-0.1, -0.05) is 30.3 Å². The summed E-state index contributed by atoms with van der Waals surface area (Å²) in [5, 5.41) is 10.4. The second-order valence-corrected chi connectivity index (χ2v) is 5.96. The van der Waals surface area contributed by atoms with E-state index >= 15 is 0 Å². The molecule has 0 spiro atoms. The number of hydrogen-bond donors (Lipinski definition) is 2. The molecule has 2 aromatic carbocycles. The zero-order valence-corrected chi connectivity index (χ0v) is 14.1. The largest absolute Gasteiger partial charge is 0.378 e. The van der Waals surface area contributed by atoms with Gasteiger partial charge >= 0.3 is 0 Å². The monoisotopic (exact) mass is 330 g/mol. The van der Waals surface area contributed by atoms with E-state index in [-0.39, 0.29) is 0 Å². The maximum atomic E-state index is 4.69. The van der Waals surface area contributed by atoms with Crippen molar-refractivity contribution in [3.63, 3.8) is 0 Å². The van der Waals surface area contributed by atoms with Crippen molar-refractivity contribution in [1.82, 2.24) is 20.2 Å². The van der Waals surface area contributed by atoms with Crippen LogP contribution in [0, 0.1) is 0 Å². The first-order valence-corrected chi connectivity index (χ1v) is 8.01. The van der Waals surface area contributed by atoms with E-state index in [1.807, 2.05) is 56.6 Å². The summed E-state index contributed by atoms with van der Waals surface area (Å²) < 4.78 is 0. The van der Waals surface area contributed by atoms with Crippen LogP contribution >= 0.6 is 0 Å². The molecule has 0 atom stereocenters. The van der Waals surface area contributed by atoms with Gasteiger partial charge in [0.2, 0.25) is 0 Å². The van der Waals surface area contributed by atoms with Gasteiger partial charge in [-0.25, -0.2) is 9.97 Å². The molecule has 2 heterocycles. The van der Waals surface area contributed by atoms with Gasteiger partial charge in [-0.3, -0.25) is 5.10 Å². The molecule has 6 heteroatoms. The minimum Gasteiger partial charge on any atom is -0.378 e. The van der Waals surface area contributed by atoms with E-state index in [0.29, 0.717) is 11.6 Å². The molecule has 0 radical (unpaired) electrons. The summed E-state index contributed by atoms with van der Waals surface area (Å²) >= 11 is 0. The Labute approximate surface area is 145 Å². The molecule has 0 unspecified atom stereocenters. The highest BCUT2D eigenvalue weighted by Gasteiger charge is 2.11. The maximum Gasteiger partial charge on any atom is 0.162 e. The number of aromatic amines is 1. The fourth-order valence-electron chi connectivity index (χ4n) is 2.63. The Kier molecular flexibility index (Phi) is 3.78. The highest BCUT2D eigenvalue weighted by Crippen LogP contribution is 2.26. The molecule has 0 saturated heterocycles. The van der Waals surface area contributed by atoms with Crippen LogP contribution in [0.4, 0.5) is 17.2 Å². The van der Waals surface area contributed by atoms with Crippen molar-refractivity contribution in [1.29, 1.82) is 0 Å². The Balaban J connectivity index is 1.74. The quantitative estimate of drug-likeness (QED) is 0.595. The molecule has 0 fully saturated rings. The minimum atomic E-state index is 0.668. The molecular weight excluding hydrogens is 312 g/mol. The Hall–Kier alpha value is -3.41. The summed E-state index contributed by atoms with van der Waals surface area (Å²) in [5.74, 6) is 1.38. The normalized spacial score (nSPS) is 10.8. The van der Waals surface area contributed by atoms with Crippen molar-refractivity contribution >= 4 is 28.2 Å². The smallest absolute Gasteiger partial charge is 0.162 e. The number of anilines is 3. The van der Waals surface area contributed by atoms with Crippen molar-refractivity contribution in [3.05, 3.63) is 60.8 Å². The van der Waals surface area contributed by atoms with E-state index in [9.17, 15) is 0 Å². The van der Waals surface area contributed by atoms with Crippen molar-refractivity contribution in [3.8, 4) is 11.4 Å². The Morgan fingerprint density at radius 2 is 1.68 bits per heavy atom. The zero-order valence-electron chi connectivity index (χ0n) is 14.1. The third-order valence-electron chi connectivity index (χ3n) is 3.98. The lowest BCUT2D eigenvalue weighted by molar-refractivity contribution is 1.11. The Morgan fingerprint density at radius 3 is 2.40 bits per heavy atom. The summed E-state index contributed by atoms with van der Waals surface area (Å²) in [6.07, 6.45) is 1.71.